The molecule has 0 bridgehead atoms. The molecule has 11 heteroatoms. The smallest absolute Gasteiger partial charge is 0.287 e. The van der Waals surface area contributed by atoms with Crippen molar-refractivity contribution in [2.75, 3.05) is 14.2 Å². The normalized spacial score (nSPS) is 11.8. The SMILES string of the molecule is COc1cc(-n2cnc3cc(-c4ccc(C#N)nc4)ccc32)cc(OC)c1C(=O)NC(F)C(F)F. The first kappa shape index (κ1) is 23.6. The van der Waals surface area contributed by atoms with Crippen LogP contribution in [0.5, 0.6) is 11.5 Å². The number of benzene rings is 2. The van der Waals surface area contributed by atoms with Crippen LogP contribution in [-0.2, 0) is 0 Å². The summed E-state index contributed by atoms with van der Waals surface area (Å²) in [4.78, 5) is 21.0. The summed E-state index contributed by atoms with van der Waals surface area (Å²) in [5.41, 5.74) is 3.64. The lowest BCUT2D eigenvalue weighted by atomic mass is 10.1. The Kier molecular flexibility index (Phi) is 6.55. The molecule has 1 atom stereocenters. The molecule has 0 fully saturated rings. The number of aromatic nitrogens is 3. The Morgan fingerprint density at radius 2 is 1.71 bits per heavy atom. The highest BCUT2D eigenvalue weighted by atomic mass is 19.3. The number of nitrogens with zero attached hydrogens (tertiary/aromatic N) is 4. The number of amides is 1. The molecule has 0 aliphatic carbocycles. The fourth-order valence-electron chi connectivity index (χ4n) is 3.55. The van der Waals surface area contributed by atoms with E-state index in [0.717, 1.165) is 16.6 Å². The number of pyridine rings is 1. The lowest BCUT2D eigenvalue weighted by Crippen LogP contribution is -2.36. The van der Waals surface area contributed by atoms with Crippen LogP contribution in [0.4, 0.5) is 13.2 Å². The van der Waals surface area contributed by atoms with Crippen LogP contribution < -0.4 is 14.8 Å². The minimum absolute atomic E-state index is 0.000411. The Bertz CT molecular complexity index is 1410. The second kappa shape index (κ2) is 9.72. The first-order valence-electron chi connectivity index (χ1n) is 10.2. The van der Waals surface area contributed by atoms with E-state index >= 15 is 0 Å². The molecule has 178 valence electrons. The summed E-state index contributed by atoms with van der Waals surface area (Å²) in [5.74, 6) is -1.10. The molecule has 2 aromatic carbocycles. The van der Waals surface area contributed by atoms with Crippen LogP contribution in [-0.4, -0.2) is 47.4 Å². The Hall–Kier alpha value is -4.59. The minimum Gasteiger partial charge on any atom is -0.496 e. The maximum absolute atomic E-state index is 13.4. The van der Waals surface area contributed by atoms with Crippen LogP contribution in [0.25, 0.3) is 27.8 Å². The minimum atomic E-state index is -3.38. The largest absolute Gasteiger partial charge is 0.496 e. The van der Waals surface area contributed by atoms with E-state index in [1.807, 2.05) is 24.3 Å². The van der Waals surface area contributed by atoms with Gasteiger partial charge in [-0.1, -0.05) is 6.07 Å². The lowest BCUT2D eigenvalue weighted by molar-refractivity contribution is 0.0285. The van der Waals surface area contributed by atoms with Gasteiger partial charge in [-0.25, -0.2) is 23.1 Å². The Balaban J connectivity index is 1.73. The van der Waals surface area contributed by atoms with Gasteiger partial charge in [0.1, 0.15) is 35.2 Å². The number of carbonyl (C=O) groups is 1. The number of imidazole rings is 1. The Morgan fingerprint density at radius 1 is 1.03 bits per heavy atom. The summed E-state index contributed by atoms with van der Waals surface area (Å²) < 4.78 is 50.8. The molecule has 4 aromatic rings. The quantitative estimate of drug-likeness (QED) is 0.396. The molecule has 35 heavy (non-hydrogen) atoms. The van der Waals surface area contributed by atoms with Gasteiger partial charge in [0, 0.05) is 23.9 Å². The number of methoxy groups -OCH3 is 2. The molecule has 1 amide bonds. The van der Waals surface area contributed by atoms with E-state index in [4.69, 9.17) is 14.7 Å². The van der Waals surface area contributed by atoms with Crippen molar-refractivity contribution in [3.8, 4) is 34.4 Å². The third-order valence-electron chi connectivity index (χ3n) is 5.24. The number of ether oxygens (including phenoxy) is 2. The number of carbonyl (C=O) groups excluding carboxylic acids is 1. The highest BCUT2D eigenvalue weighted by Crippen LogP contribution is 2.34. The molecule has 0 aliphatic rings. The van der Waals surface area contributed by atoms with Gasteiger partial charge in [0.25, 0.3) is 12.3 Å². The van der Waals surface area contributed by atoms with Crippen LogP contribution in [0.3, 0.4) is 0 Å². The van der Waals surface area contributed by atoms with Crippen molar-refractivity contribution in [2.24, 2.45) is 0 Å². The van der Waals surface area contributed by atoms with Crippen LogP contribution in [0.2, 0.25) is 0 Å². The molecular weight excluding hydrogens is 463 g/mol. The van der Waals surface area contributed by atoms with Crippen LogP contribution in [0, 0.1) is 11.3 Å². The van der Waals surface area contributed by atoms with Crippen LogP contribution in [0.1, 0.15) is 16.1 Å². The maximum atomic E-state index is 13.4. The summed E-state index contributed by atoms with van der Waals surface area (Å²) in [6, 6.07) is 13.9. The zero-order valence-electron chi connectivity index (χ0n) is 18.5. The van der Waals surface area contributed by atoms with E-state index in [9.17, 15) is 18.0 Å². The molecule has 0 radical (unpaired) electrons. The van der Waals surface area contributed by atoms with Crippen LogP contribution in [0.15, 0.2) is 55.0 Å². The molecule has 0 aliphatic heterocycles. The highest BCUT2D eigenvalue weighted by Gasteiger charge is 2.27. The Labute approximate surface area is 197 Å². The molecule has 1 N–H and O–H groups in total. The summed E-state index contributed by atoms with van der Waals surface area (Å²) in [6.07, 6.45) is -3.05. The average Bonchev–Trinajstić information content (AvgIpc) is 3.31. The zero-order valence-corrected chi connectivity index (χ0v) is 18.5. The summed E-state index contributed by atoms with van der Waals surface area (Å²) in [5, 5.41) is 10.5. The fraction of sp³-hybridized carbons (Fsp3) is 0.167. The number of nitrogens with one attached hydrogen (secondary N) is 1. The molecular formula is C24H18F3N5O3. The van der Waals surface area contributed by atoms with Gasteiger partial charge < -0.3 is 14.8 Å². The standard InChI is InChI=1S/C24H18F3N5O3/c1-34-19-8-16(9-20(35-2)21(19)24(33)31-23(27)22(25)26)32-12-30-17-7-13(4-6-18(17)32)14-3-5-15(10-28)29-11-14/h3-9,11-12,22-23H,1-2H3,(H,31,33). The van der Waals surface area contributed by atoms with Crippen LogP contribution >= 0.6 is 0 Å². The molecule has 4 rings (SSSR count). The number of nitriles is 1. The van der Waals surface area contributed by atoms with Gasteiger partial charge in [-0.3, -0.25) is 9.36 Å². The molecule has 8 nitrogen and oxygen atoms in total. The van der Waals surface area contributed by atoms with Gasteiger partial charge in [0.15, 0.2) is 0 Å². The van der Waals surface area contributed by atoms with Crippen molar-refractivity contribution in [2.45, 2.75) is 12.7 Å². The van der Waals surface area contributed by atoms with Gasteiger partial charge in [-0.15, -0.1) is 0 Å². The van der Waals surface area contributed by atoms with Gasteiger partial charge in [0.05, 0.1) is 30.9 Å². The fourth-order valence-corrected chi connectivity index (χ4v) is 3.55. The predicted octanol–water partition coefficient (Wildman–Crippen LogP) is 4.27. The lowest BCUT2D eigenvalue weighted by Gasteiger charge is -2.17. The van der Waals surface area contributed by atoms with Crippen molar-refractivity contribution in [3.05, 3.63) is 66.2 Å². The maximum Gasteiger partial charge on any atom is 0.287 e. The number of rotatable bonds is 7. The average molecular weight is 481 g/mol. The number of fused-ring (bicyclic) bond motifs is 1. The molecule has 0 saturated carbocycles. The molecule has 2 aromatic heterocycles. The van der Waals surface area contributed by atoms with Crippen molar-refractivity contribution in [1.82, 2.24) is 19.9 Å². The molecule has 1 unspecified atom stereocenters. The van der Waals surface area contributed by atoms with Gasteiger partial charge >= 0.3 is 0 Å². The number of hydrogen-bond acceptors (Lipinski definition) is 6. The van der Waals surface area contributed by atoms with Gasteiger partial charge in [-0.05, 0) is 29.8 Å². The topological polar surface area (TPSA) is 102 Å². The molecule has 0 saturated heterocycles. The van der Waals surface area contributed by atoms with E-state index in [1.54, 1.807) is 34.5 Å². The van der Waals surface area contributed by atoms with Crippen molar-refractivity contribution >= 4 is 16.9 Å². The predicted molar refractivity (Wildman–Crippen MR) is 120 cm³/mol. The summed E-state index contributed by atoms with van der Waals surface area (Å²) >= 11 is 0. The first-order valence-corrected chi connectivity index (χ1v) is 10.2. The van der Waals surface area contributed by atoms with Gasteiger partial charge in [-0.2, -0.15) is 5.26 Å². The molecule has 0 spiro atoms. The summed E-state index contributed by atoms with van der Waals surface area (Å²) in [6.45, 7) is 0. The monoisotopic (exact) mass is 481 g/mol. The third kappa shape index (κ3) is 4.59. The van der Waals surface area contributed by atoms with Gasteiger partial charge in [0.2, 0.25) is 6.30 Å². The number of hydrogen-bond donors (Lipinski definition) is 1. The van der Waals surface area contributed by atoms with E-state index < -0.39 is 18.6 Å². The van der Waals surface area contributed by atoms with E-state index in [2.05, 4.69) is 9.97 Å². The highest BCUT2D eigenvalue weighted by molar-refractivity contribution is 6.00. The number of alkyl halides is 3. The third-order valence-corrected chi connectivity index (χ3v) is 5.24. The second-order valence-electron chi connectivity index (χ2n) is 7.30. The number of halogens is 3. The van der Waals surface area contributed by atoms with Crippen molar-refractivity contribution < 1.29 is 27.4 Å². The second-order valence-corrected chi connectivity index (χ2v) is 7.30. The first-order chi connectivity index (χ1) is 16.9. The van der Waals surface area contributed by atoms with E-state index in [-0.39, 0.29) is 17.1 Å². The van der Waals surface area contributed by atoms with E-state index in [0.29, 0.717) is 16.9 Å². The van der Waals surface area contributed by atoms with Crippen molar-refractivity contribution in [3.63, 3.8) is 0 Å². The Morgan fingerprint density at radius 3 is 2.29 bits per heavy atom. The molecule has 2 heterocycles. The summed E-state index contributed by atoms with van der Waals surface area (Å²) in [7, 11) is 2.58. The van der Waals surface area contributed by atoms with E-state index in [1.165, 1.54) is 26.4 Å². The zero-order chi connectivity index (χ0) is 25.1. The van der Waals surface area contributed by atoms with Crippen molar-refractivity contribution in [1.29, 1.82) is 5.26 Å².